The molecule has 0 bridgehead atoms. The molecule has 0 atom stereocenters. The van der Waals surface area contributed by atoms with Gasteiger partial charge in [0.15, 0.2) is 5.78 Å². The number of carbonyl (C=O) groups excluding carboxylic acids is 1. The maximum atomic E-state index is 11.4. The fraction of sp³-hybridized carbons (Fsp3) is 0.500. The zero-order chi connectivity index (χ0) is 13.2. The van der Waals surface area contributed by atoms with Crippen LogP contribution in [0.3, 0.4) is 0 Å². The molecule has 0 radical (unpaired) electrons. The third-order valence-electron chi connectivity index (χ3n) is 3.59. The molecule has 2 rings (SSSR count). The van der Waals surface area contributed by atoms with Gasteiger partial charge in [-0.3, -0.25) is 4.79 Å². The minimum atomic E-state index is -0.599. The Hall–Kier alpha value is -1.55. The Morgan fingerprint density at radius 3 is 2.72 bits per heavy atom. The van der Waals surface area contributed by atoms with Gasteiger partial charge < -0.3 is 16.2 Å². The predicted octanol–water partition coefficient (Wildman–Crippen LogP) is 2.19. The Morgan fingerprint density at radius 2 is 2.11 bits per heavy atom. The Balaban J connectivity index is 2.05. The zero-order valence-electron chi connectivity index (χ0n) is 10.7. The number of ketones is 1. The number of hydrogen-bond donors (Lipinski definition) is 3. The molecule has 1 aliphatic rings. The lowest BCUT2D eigenvalue weighted by molar-refractivity contribution is 0.0615. The summed E-state index contributed by atoms with van der Waals surface area (Å²) >= 11 is 0. The van der Waals surface area contributed by atoms with Crippen LogP contribution in [0.1, 0.15) is 43.0 Å². The summed E-state index contributed by atoms with van der Waals surface area (Å²) in [6, 6.07) is 5.30. The number of Topliss-reactive ketones (excluding diaryl/α,β-unsaturated/α-hetero) is 1. The van der Waals surface area contributed by atoms with E-state index in [0.29, 0.717) is 17.8 Å². The molecule has 1 saturated carbocycles. The van der Waals surface area contributed by atoms with Crippen molar-refractivity contribution in [2.24, 2.45) is 0 Å². The van der Waals surface area contributed by atoms with Crippen LogP contribution in [0.4, 0.5) is 11.4 Å². The third kappa shape index (κ3) is 2.82. The second kappa shape index (κ2) is 4.98. The third-order valence-corrected chi connectivity index (χ3v) is 3.59. The van der Waals surface area contributed by atoms with Gasteiger partial charge in [0.1, 0.15) is 0 Å². The van der Waals surface area contributed by atoms with Crippen LogP contribution in [0.25, 0.3) is 0 Å². The molecule has 0 unspecified atom stereocenters. The summed E-state index contributed by atoms with van der Waals surface area (Å²) in [6.07, 6.45) is 3.85. The van der Waals surface area contributed by atoms with E-state index in [1.54, 1.807) is 12.1 Å². The molecular weight excluding hydrogens is 228 g/mol. The molecule has 0 aliphatic heterocycles. The van der Waals surface area contributed by atoms with Crippen LogP contribution in [0.5, 0.6) is 0 Å². The van der Waals surface area contributed by atoms with Crippen molar-refractivity contribution in [2.75, 3.05) is 17.6 Å². The lowest BCUT2D eigenvalue weighted by Crippen LogP contribution is -2.33. The van der Waals surface area contributed by atoms with Crippen LogP contribution in [-0.4, -0.2) is 23.0 Å². The number of nitrogen functional groups attached to an aromatic ring is 1. The van der Waals surface area contributed by atoms with Crippen molar-refractivity contribution in [2.45, 2.75) is 38.2 Å². The topological polar surface area (TPSA) is 75.3 Å². The van der Waals surface area contributed by atoms with Crippen molar-refractivity contribution in [1.82, 2.24) is 0 Å². The van der Waals surface area contributed by atoms with E-state index < -0.39 is 5.60 Å². The molecule has 0 amide bonds. The first kappa shape index (κ1) is 12.9. The summed E-state index contributed by atoms with van der Waals surface area (Å²) < 4.78 is 0. The maximum absolute atomic E-state index is 11.4. The van der Waals surface area contributed by atoms with Crippen LogP contribution >= 0.6 is 0 Å². The summed E-state index contributed by atoms with van der Waals surface area (Å²) in [7, 11) is 0. The Morgan fingerprint density at radius 1 is 1.44 bits per heavy atom. The quantitative estimate of drug-likeness (QED) is 0.564. The maximum Gasteiger partial charge on any atom is 0.161 e. The van der Waals surface area contributed by atoms with Crippen LogP contribution in [-0.2, 0) is 0 Å². The lowest BCUT2D eigenvalue weighted by Gasteiger charge is -2.23. The number of carbonyl (C=O) groups is 1. The van der Waals surface area contributed by atoms with Crippen molar-refractivity contribution < 1.29 is 9.90 Å². The van der Waals surface area contributed by atoms with Crippen LogP contribution in [0.2, 0.25) is 0 Å². The number of nitrogens with two attached hydrogens (primary N) is 1. The van der Waals surface area contributed by atoms with Gasteiger partial charge in [0.2, 0.25) is 0 Å². The molecule has 0 saturated heterocycles. The summed E-state index contributed by atoms with van der Waals surface area (Å²) in [5.41, 5.74) is 6.99. The van der Waals surface area contributed by atoms with Gasteiger partial charge in [-0.2, -0.15) is 0 Å². The van der Waals surface area contributed by atoms with E-state index in [2.05, 4.69) is 5.32 Å². The largest absolute Gasteiger partial charge is 0.398 e. The normalized spacial score (nSPS) is 17.7. The monoisotopic (exact) mass is 248 g/mol. The molecular formula is C14H20N2O2. The molecule has 18 heavy (non-hydrogen) atoms. The molecule has 0 aromatic heterocycles. The van der Waals surface area contributed by atoms with E-state index in [9.17, 15) is 9.90 Å². The van der Waals surface area contributed by atoms with Gasteiger partial charge in [0.25, 0.3) is 0 Å². The van der Waals surface area contributed by atoms with Crippen molar-refractivity contribution in [3.05, 3.63) is 23.8 Å². The van der Waals surface area contributed by atoms with Crippen LogP contribution < -0.4 is 11.1 Å². The van der Waals surface area contributed by atoms with Gasteiger partial charge in [-0.15, -0.1) is 0 Å². The van der Waals surface area contributed by atoms with Gasteiger partial charge in [0, 0.05) is 23.5 Å². The number of nitrogens with one attached hydrogen (secondary N) is 1. The Bertz CT molecular complexity index is 451. The van der Waals surface area contributed by atoms with E-state index in [0.717, 1.165) is 31.4 Å². The predicted molar refractivity (Wildman–Crippen MR) is 72.8 cm³/mol. The lowest BCUT2D eigenvalue weighted by atomic mass is 10.0. The number of rotatable bonds is 4. The highest BCUT2D eigenvalue weighted by molar-refractivity contribution is 6.00. The summed E-state index contributed by atoms with van der Waals surface area (Å²) in [5.74, 6) is -0.0456. The highest BCUT2D eigenvalue weighted by atomic mass is 16.3. The molecule has 1 aliphatic carbocycles. The van der Waals surface area contributed by atoms with Crippen molar-refractivity contribution in [3.63, 3.8) is 0 Å². The first-order valence-electron chi connectivity index (χ1n) is 6.37. The first-order chi connectivity index (χ1) is 8.50. The molecule has 4 heteroatoms. The molecule has 1 fully saturated rings. The van der Waals surface area contributed by atoms with Crippen LogP contribution in [0, 0.1) is 0 Å². The highest BCUT2D eigenvalue weighted by Gasteiger charge is 2.30. The standard InChI is InChI=1S/C14H20N2O2/c1-10(17)12-8-11(4-5-13(12)15)16-9-14(18)6-2-3-7-14/h4-5,8,16,18H,2-3,6-7,9,15H2,1H3. The van der Waals surface area contributed by atoms with Gasteiger partial charge in [0.05, 0.1) is 5.60 Å². The summed E-state index contributed by atoms with van der Waals surface area (Å²) in [4.78, 5) is 11.4. The van der Waals surface area contributed by atoms with E-state index in [1.807, 2.05) is 6.07 Å². The summed E-state index contributed by atoms with van der Waals surface area (Å²) in [5, 5.41) is 13.4. The van der Waals surface area contributed by atoms with Crippen molar-refractivity contribution in [1.29, 1.82) is 0 Å². The molecule has 1 aromatic rings. The van der Waals surface area contributed by atoms with Crippen molar-refractivity contribution in [3.8, 4) is 0 Å². The second-order valence-corrected chi connectivity index (χ2v) is 5.14. The first-order valence-corrected chi connectivity index (χ1v) is 6.37. The molecule has 0 heterocycles. The average molecular weight is 248 g/mol. The highest BCUT2D eigenvalue weighted by Crippen LogP contribution is 2.30. The van der Waals surface area contributed by atoms with Gasteiger partial charge in [-0.05, 0) is 38.0 Å². The minimum absolute atomic E-state index is 0.0456. The molecule has 4 N–H and O–H groups in total. The molecule has 98 valence electrons. The number of hydrogen-bond acceptors (Lipinski definition) is 4. The van der Waals surface area contributed by atoms with Gasteiger partial charge in [-0.25, -0.2) is 0 Å². The Kier molecular flexibility index (Phi) is 3.57. The number of aliphatic hydroxyl groups is 1. The fourth-order valence-corrected chi connectivity index (χ4v) is 2.45. The van der Waals surface area contributed by atoms with E-state index in [1.165, 1.54) is 6.92 Å². The van der Waals surface area contributed by atoms with E-state index in [-0.39, 0.29) is 5.78 Å². The molecule has 1 aromatic carbocycles. The molecule has 4 nitrogen and oxygen atoms in total. The van der Waals surface area contributed by atoms with E-state index >= 15 is 0 Å². The Labute approximate surface area is 107 Å². The number of anilines is 2. The summed E-state index contributed by atoms with van der Waals surface area (Å²) in [6.45, 7) is 2.02. The zero-order valence-corrected chi connectivity index (χ0v) is 10.7. The van der Waals surface area contributed by atoms with Gasteiger partial charge >= 0.3 is 0 Å². The van der Waals surface area contributed by atoms with E-state index in [4.69, 9.17) is 5.73 Å². The molecule has 0 spiro atoms. The van der Waals surface area contributed by atoms with Gasteiger partial charge in [-0.1, -0.05) is 12.8 Å². The second-order valence-electron chi connectivity index (χ2n) is 5.14. The SMILES string of the molecule is CC(=O)c1cc(NCC2(O)CCCC2)ccc1N. The smallest absolute Gasteiger partial charge is 0.161 e. The number of benzene rings is 1. The fourth-order valence-electron chi connectivity index (χ4n) is 2.45. The minimum Gasteiger partial charge on any atom is -0.398 e. The van der Waals surface area contributed by atoms with Crippen LogP contribution in [0.15, 0.2) is 18.2 Å². The average Bonchev–Trinajstić information content (AvgIpc) is 2.75. The van der Waals surface area contributed by atoms with Crippen molar-refractivity contribution >= 4 is 17.2 Å².